The van der Waals surface area contributed by atoms with Gasteiger partial charge in [0, 0.05) is 6.07 Å². The van der Waals surface area contributed by atoms with E-state index in [9.17, 15) is 18.4 Å². The number of benzene rings is 2. The lowest BCUT2D eigenvalue weighted by Gasteiger charge is -2.06. The van der Waals surface area contributed by atoms with E-state index in [1.54, 1.807) is 24.3 Å². The van der Waals surface area contributed by atoms with Crippen LogP contribution in [0.4, 0.5) is 19.6 Å². The Morgan fingerprint density at radius 1 is 1.14 bits per heavy atom. The first-order chi connectivity index (χ1) is 14.0. The Balaban J connectivity index is 1.55. The van der Waals surface area contributed by atoms with E-state index in [1.165, 1.54) is 7.11 Å². The van der Waals surface area contributed by atoms with Crippen LogP contribution in [-0.2, 0) is 4.79 Å². The van der Waals surface area contributed by atoms with Crippen molar-refractivity contribution >= 4 is 45.7 Å². The molecule has 0 bridgehead atoms. The second-order valence-corrected chi connectivity index (χ2v) is 7.69. The standard InChI is InChI=1S/C18H14F2N4O3S2/c1-27-14-5-3-2-4-11(14)16(26)22-17-23-24-18(29-17)28-9-15(25)21-13-7-6-10(19)8-12(13)20/h2-8H,9H2,1H3,(H,21,25)(H,22,23,26). The van der Waals surface area contributed by atoms with E-state index in [0.717, 1.165) is 35.2 Å². The van der Waals surface area contributed by atoms with Gasteiger partial charge in [-0.05, 0) is 24.3 Å². The maximum Gasteiger partial charge on any atom is 0.261 e. The molecule has 7 nitrogen and oxygen atoms in total. The smallest absolute Gasteiger partial charge is 0.261 e. The number of carbonyl (C=O) groups excluding carboxylic acids is 2. The average molecular weight is 436 g/mol. The number of hydrogen-bond donors (Lipinski definition) is 2. The molecule has 2 aromatic carbocycles. The summed E-state index contributed by atoms with van der Waals surface area (Å²) >= 11 is 2.16. The van der Waals surface area contributed by atoms with Crippen molar-refractivity contribution in [3.05, 3.63) is 59.7 Å². The first kappa shape index (κ1) is 20.7. The van der Waals surface area contributed by atoms with Gasteiger partial charge in [0.05, 0.1) is 24.1 Å². The summed E-state index contributed by atoms with van der Waals surface area (Å²) in [6.07, 6.45) is 0. The molecule has 0 spiro atoms. The molecule has 29 heavy (non-hydrogen) atoms. The van der Waals surface area contributed by atoms with Gasteiger partial charge in [-0.1, -0.05) is 35.2 Å². The van der Waals surface area contributed by atoms with Crippen LogP contribution in [0.3, 0.4) is 0 Å². The molecule has 0 radical (unpaired) electrons. The Morgan fingerprint density at radius 2 is 1.93 bits per heavy atom. The predicted octanol–water partition coefficient (Wildman–Crippen LogP) is 3.81. The van der Waals surface area contributed by atoms with Gasteiger partial charge in [0.15, 0.2) is 4.34 Å². The topological polar surface area (TPSA) is 93.2 Å². The number of methoxy groups -OCH3 is 1. The monoisotopic (exact) mass is 436 g/mol. The summed E-state index contributed by atoms with van der Waals surface area (Å²) in [4.78, 5) is 24.3. The third-order valence-electron chi connectivity index (χ3n) is 3.51. The van der Waals surface area contributed by atoms with Crippen LogP contribution in [0.5, 0.6) is 5.75 Å². The number of anilines is 2. The Hall–Kier alpha value is -3.05. The molecule has 3 rings (SSSR count). The quantitative estimate of drug-likeness (QED) is 0.432. The molecule has 0 atom stereocenters. The van der Waals surface area contributed by atoms with Crippen molar-refractivity contribution < 1.29 is 23.1 Å². The Bertz CT molecular complexity index is 1050. The molecule has 0 aliphatic heterocycles. The Labute approximate surface area is 172 Å². The zero-order valence-electron chi connectivity index (χ0n) is 14.9. The summed E-state index contributed by atoms with van der Waals surface area (Å²) in [6, 6.07) is 9.61. The Kier molecular flexibility index (Phi) is 6.73. The Morgan fingerprint density at radius 3 is 2.69 bits per heavy atom. The fourth-order valence-electron chi connectivity index (χ4n) is 2.22. The van der Waals surface area contributed by atoms with Gasteiger partial charge in [-0.3, -0.25) is 14.9 Å². The number of rotatable bonds is 7. The molecule has 0 unspecified atom stereocenters. The maximum atomic E-state index is 13.6. The molecule has 0 aliphatic rings. The lowest BCUT2D eigenvalue weighted by molar-refractivity contribution is -0.113. The van der Waals surface area contributed by atoms with Gasteiger partial charge < -0.3 is 10.1 Å². The van der Waals surface area contributed by atoms with Crippen LogP contribution in [0.15, 0.2) is 46.8 Å². The summed E-state index contributed by atoms with van der Waals surface area (Å²) in [5.41, 5.74) is 0.235. The number of halogens is 2. The summed E-state index contributed by atoms with van der Waals surface area (Å²) in [6.45, 7) is 0. The second kappa shape index (κ2) is 9.43. The van der Waals surface area contributed by atoms with Gasteiger partial charge >= 0.3 is 0 Å². The van der Waals surface area contributed by atoms with Crippen LogP contribution in [0, 0.1) is 11.6 Å². The maximum absolute atomic E-state index is 13.6. The zero-order valence-corrected chi connectivity index (χ0v) is 16.6. The number of para-hydroxylation sites is 1. The van der Waals surface area contributed by atoms with E-state index >= 15 is 0 Å². The number of hydrogen-bond acceptors (Lipinski definition) is 7. The van der Waals surface area contributed by atoms with Crippen LogP contribution in [0.2, 0.25) is 0 Å². The van der Waals surface area contributed by atoms with Crippen LogP contribution in [-0.4, -0.2) is 34.9 Å². The first-order valence-electron chi connectivity index (χ1n) is 8.12. The number of thioether (sulfide) groups is 1. The minimum Gasteiger partial charge on any atom is -0.496 e. The van der Waals surface area contributed by atoms with Crippen molar-refractivity contribution in [3.8, 4) is 5.75 Å². The predicted molar refractivity (Wildman–Crippen MR) is 107 cm³/mol. The summed E-state index contributed by atoms with van der Waals surface area (Å²) < 4.78 is 32.0. The molecule has 2 N–H and O–H groups in total. The third-order valence-corrected chi connectivity index (χ3v) is 5.48. The number of nitrogens with one attached hydrogen (secondary N) is 2. The molecule has 0 saturated carbocycles. The molecule has 0 saturated heterocycles. The van der Waals surface area contributed by atoms with E-state index < -0.39 is 23.4 Å². The number of amides is 2. The van der Waals surface area contributed by atoms with Crippen molar-refractivity contribution in [1.82, 2.24) is 10.2 Å². The van der Waals surface area contributed by atoms with Crippen molar-refractivity contribution in [3.63, 3.8) is 0 Å². The molecule has 1 heterocycles. The molecular weight excluding hydrogens is 422 g/mol. The number of nitrogens with zero attached hydrogens (tertiary/aromatic N) is 2. The first-order valence-corrected chi connectivity index (χ1v) is 9.92. The van der Waals surface area contributed by atoms with Crippen LogP contribution < -0.4 is 15.4 Å². The lowest BCUT2D eigenvalue weighted by atomic mass is 10.2. The summed E-state index contributed by atoms with van der Waals surface area (Å²) in [5.74, 6) is -2.12. The SMILES string of the molecule is COc1ccccc1C(=O)Nc1nnc(SCC(=O)Nc2ccc(F)cc2F)s1. The highest BCUT2D eigenvalue weighted by Crippen LogP contribution is 2.27. The number of carbonyl (C=O) groups is 2. The normalized spacial score (nSPS) is 10.4. The van der Waals surface area contributed by atoms with E-state index in [2.05, 4.69) is 20.8 Å². The molecule has 11 heteroatoms. The van der Waals surface area contributed by atoms with Crippen molar-refractivity contribution in [2.75, 3.05) is 23.5 Å². The average Bonchev–Trinajstić information content (AvgIpc) is 3.15. The third kappa shape index (κ3) is 5.48. The lowest BCUT2D eigenvalue weighted by Crippen LogP contribution is -2.15. The summed E-state index contributed by atoms with van der Waals surface area (Å²) in [5, 5.41) is 13.0. The van der Waals surface area contributed by atoms with Crippen molar-refractivity contribution in [1.29, 1.82) is 0 Å². The molecule has 150 valence electrons. The van der Waals surface area contributed by atoms with E-state index in [1.807, 2.05) is 0 Å². The fourth-order valence-corrected chi connectivity index (χ4v) is 3.77. The molecular formula is C18H14F2N4O3S2. The van der Waals surface area contributed by atoms with Gasteiger partial charge in [0.25, 0.3) is 5.91 Å². The van der Waals surface area contributed by atoms with Gasteiger partial charge in [0.2, 0.25) is 11.0 Å². The van der Waals surface area contributed by atoms with Gasteiger partial charge in [-0.15, -0.1) is 10.2 Å². The highest BCUT2D eigenvalue weighted by atomic mass is 32.2. The fraction of sp³-hybridized carbons (Fsp3) is 0.111. The molecule has 2 amide bonds. The van der Waals surface area contributed by atoms with Crippen molar-refractivity contribution in [2.45, 2.75) is 4.34 Å². The minimum atomic E-state index is -0.861. The van der Waals surface area contributed by atoms with Gasteiger partial charge in [-0.2, -0.15) is 0 Å². The minimum absolute atomic E-state index is 0.0636. The van der Waals surface area contributed by atoms with Gasteiger partial charge in [0.1, 0.15) is 17.4 Å². The van der Waals surface area contributed by atoms with E-state index in [-0.39, 0.29) is 16.6 Å². The number of aromatic nitrogens is 2. The molecule has 3 aromatic rings. The van der Waals surface area contributed by atoms with Crippen molar-refractivity contribution in [2.24, 2.45) is 0 Å². The number of ether oxygens (including phenoxy) is 1. The van der Waals surface area contributed by atoms with E-state index in [4.69, 9.17) is 4.74 Å². The highest BCUT2D eigenvalue weighted by molar-refractivity contribution is 8.01. The second-order valence-electron chi connectivity index (χ2n) is 5.49. The van der Waals surface area contributed by atoms with E-state index in [0.29, 0.717) is 21.7 Å². The van der Waals surface area contributed by atoms with Gasteiger partial charge in [-0.25, -0.2) is 8.78 Å². The van der Waals surface area contributed by atoms with Crippen LogP contribution >= 0.6 is 23.1 Å². The molecule has 0 fully saturated rings. The van der Waals surface area contributed by atoms with Crippen LogP contribution in [0.25, 0.3) is 0 Å². The molecule has 1 aromatic heterocycles. The highest BCUT2D eigenvalue weighted by Gasteiger charge is 2.15. The van der Waals surface area contributed by atoms with Crippen LogP contribution in [0.1, 0.15) is 10.4 Å². The largest absolute Gasteiger partial charge is 0.496 e. The summed E-state index contributed by atoms with van der Waals surface area (Å²) in [7, 11) is 1.47. The zero-order chi connectivity index (χ0) is 20.8. The molecule has 0 aliphatic carbocycles.